The van der Waals surface area contributed by atoms with Gasteiger partial charge in [-0.15, -0.1) is 0 Å². The van der Waals surface area contributed by atoms with E-state index >= 15 is 0 Å². The fraction of sp³-hybridized carbons (Fsp3) is 0.692. The highest BCUT2D eigenvalue weighted by atomic mass is 16.5. The maximum absolute atomic E-state index is 11.8. The number of aromatic nitrogens is 2. The van der Waals surface area contributed by atoms with Crippen molar-refractivity contribution in [2.45, 2.75) is 25.8 Å². The Bertz CT molecular complexity index is 399. The molecule has 2 heterocycles. The molecule has 1 unspecified atom stereocenters. The molecular weight excluding hydrogens is 244 g/mol. The van der Waals surface area contributed by atoms with Crippen LogP contribution in [0, 0.1) is 5.92 Å². The molecule has 1 saturated heterocycles. The van der Waals surface area contributed by atoms with Crippen LogP contribution in [0.1, 0.15) is 19.3 Å². The van der Waals surface area contributed by atoms with E-state index in [0.29, 0.717) is 31.3 Å². The van der Waals surface area contributed by atoms with Crippen molar-refractivity contribution >= 4 is 11.7 Å². The minimum atomic E-state index is 0.0453. The summed E-state index contributed by atoms with van der Waals surface area (Å²) in [7, 11) is 1.66. The Morgan fingerprint density at radius 3 is 3.32 bits per heavy atom. The number of methoxy groups -OCH3 is 1. The van der Waals surface area contributed by atoms with E-state index in [9.17, 15) is 4.79 Å². The summed E-state index contributed by atoms with van der Waals surface area (Å²) in [4.78, 5) is 11.8. The van der Waals surface area contributed by atoms with Crippen LogP contribution in [-0.4, -0.2) is 42.5 Å². The van der Waals surface area contributed by atoms with Gasteiger partial charge in [-0.05, 0) is 31.8 Å². The quantitative estimate of drug-likeness (QED) is 0.768. The first-order valence-electron chi connectivity index (χ1n) is 6.81. The van der Waals surface area contributed by atoms with Gasteiger partial charge in [-0.3, -0.25) is 9.48 Å². The second kappa shape index (κ2) is 7.25. The van der Waals surface area contributed by atoms with Gasteiger partial charge in [-0.1, -0.05) is 0 Å². The van der Waals surface area contributed by atoms with E-state index in [0.717, 1.165) is 19.5 Å². The summed E-state index contributed by atoms with van der Waals surface area (Å²) >= 11 is 0. The average Bonchev–Trinajstić information content (AvgIpc) is 3.05. The van der Waals surface area contributed by atoms with E-state index in [1.54, 1.807) is 11.8 Å². The molecule has 1 atom stereocenters. The van der Waals surface area contributed by atoms with E-state index in [-0.39, 0.29) is 5.91 Å². The topological polar surface area (TPSA) is 68.2 Å². The van der Waals surface area contributed by atoms with Crippen LogP contribution in [0.4, 0.5) is 5.82 Å². The highest BCUT2D eigenvalue weighted by molar-refractivity contribution is 5.89. The van der Waals surface area contributed by atoms with Crippen LogP contribution in [0.2, 0.25) is 0 Å². The van der Waals surface area contributed by atoms with Crippen molar-refractivity contribution in [1.82, 2.24) is 15.1 Å². The van der Waals surface area contributed by atoms with Gasteiger partial charge in [-0.2, -0.15) is 5.10 Å². The highest BCUT2D eigenvalue weighted by Crippen LogP contribution is 2.14. The average molecular weight is 266 g/mol. The van der Waals surface area contributed by atoms with Crippen molar-refractivity contribution in [2.24, 2.45) is 5.92 Å². The van der Waals surface area contributed by atoms with E-state index < -0.39 is 0 Å². The number of hydrogen-bond acceptors (Lipinski definition) is 4. The number of rotatable bonds is 7. The first-order valence-corrected chi connectivity index (χ1v) is 6.81. The molecule has 2 rings (SSSR count). The molecule has 0 aliphatic carbocycles. The smallest absolute Gasteiger partial charge is 0.225 e. The van der Waals surface area contributed by atoms with Crippen LogP contribution in [-0.2, 0) is 16.1 Å². The molecule has 0 spiro atoms. The Labute approximate surface area is 113 Å². The summed E-state index contributed by atoms with van der Waals surface area (Å²) in [6.07, 6.45) is 4.54. The van der Waals surface area contributed by atoms with Gasteiger partial charge in [0.05, 0.1) is 13.2 Å². The zero-order valence-corrected chi connectivity index (χ0v) is 11.4. The van der Waals surface area contributed by atoms with Crippen LogP contribution >= 0.6 is 0 Å². The molecule has 1 amide bonds. The molecule has 0 bridgehead atoms. The van der Waals surface area contributed by atoms with Gasteiger partial charge in [0, 0.05) is 25.8 Å². The van der Waals surface area contributed by atoms with Crippen LogP contribution in [0.15, 0.2) is 12.3 Å². The van der Waals surface area contributed by atoms with Crippen molar-refractivity contribution in [1.29, 1.82) is 0 Å². The van der Waals surface area contributed by atoms with Gasteiger partial charge in [0.2, 0.25) is 5.91 Å². The first kappa shape index (κ1) is 14.0. The number of nitrogens with one attached hydrogen (secondary N) is 2. The lowest BCUT2D eigenvalue weighted by atomic mass is 10.0. The van der Waals surface area contributed by atoms with Crippen molar-refractivity contribution in [3.8, 4) is 0 Å². The lowest BCUT2D eigenvalue weighted by molar-refractivity contribution is -0.116. The molecule has 1 aromatic heterocycles. The van der Waals surface area contributed by atoms with Gasteiger partial charge >= 0.3 is 0 Å². The minimum absolute atomic E-state index is 0.0453. The molecule has 2 N–H and O–H groups in total. The van der Waals surface area contributed by atoms with Gasteiger partial charge in [0.25, 0.3) is 0 Å². The number of amides is 1. The molecule has 1 aromatic rings. The van der Waals surface area contributed by atoms with E-state index in [2.05, 4.69) is 15.7 Å². The Balaban J connectivity index is 1.70. The van der Waals surface area contributed by atoms with Crippen molar-refractivity contribution in [3.05, 3.63) is 12.3 Å². The van der Waals surface area contributed by atoms with Gasteiger partial charge in [-0.25, -0.2) is 0 Å². The second-order valence-electron chi connectivity index (χ2n) is 4.90. The lowest BCUT2D eigenvalue weighted by Gasteiger charge is -2.07. The van der Waals surface area contributed by atoms with Gasteiger partial charge in [0.1, 0.15) is 0 Å². The summed E-state index contributed by atoms with van der Waals surface area (Å²) < 4.78 is 6.74. The van der Waals surface area contributed by atoms with Crippen molar-refractivity contribution in [2.75, 3.05) is 32.1 Å². The molecule has 1 fully saturated rings. The summed E-state index contributed by atoms with van der Waals surface area (Å²) in [5, 5.41) is 10.4. The molecular formula is C13H22N4O2. The fourth-order valence-electron chi connectivity index (χ4n) is 2.24. The molecule has 19 heavy (non-hydrogen) atoms. The molecule has 106 valence electrons. The largest absolute Gasteiger partial charge is 0.383 e. The van der Waals surface area contributed by atoms with Gasteiger partial charge < -0.3 is 15.4 Å². The number of hydrogen-bond donors (Lipinski definition) is 2. The summed E-state index contributed by atoms with van der Waals surface area (Å²) in [6.45, 7) is 3.43. The summed E-state index contributed by atoms with van der Waals surface area (Å²) in [6, 6.07) is 1.81. The molecule has 0 saturated carbocycles. The fourth-order valence-corrected chi connectivity index (χ4v) is 2.24. The zero-order valence-electron chi connectivity index (χ0n) is 11.4. The maximum Gasteiger partial charge on any atom is 0.225 e. The third-order valence-electron chi connectivity index (χ3n) is 3.37. The van der Waals surface area contributed by atoms with E-state index in [4.69, 9.17) is 4.74 Å². The first-order chi connectivity index (χ1) is 9.28. The second-order valence-corrected chi connectivity index (χ2v) is 4.90. The molecule has 6 heteroatoms. The number of nitrogens with zero attached hydrogens (tertiary/aromatic N) is 2. The SMILES string of the molecule is COCCn1ccc(NC(=O)CCC2CCNC2)n1. The van der Waals surface area contributed by atoms with Crippen molar-refractivity contribution < 1.29 is 9.53 Å². The minimum Gasteiger partial charge on any atom is -0.383 e. The predicted octanol–water partition coefficient (Wildman–Crippen LogP) is 0.858. The third-order valence-corrected chi connectivity index (χ3v) is 3.37. The predicted molar refractivity (Wildman–Crippen MR) is 72.9 cm³/mol. The molecule has 0 aromatic carbocycles. The number of carbonyl (C=O) groups excluding carboxylic acids is 1. The summed E-state index contributed by atoms with van der Waals surface area (Å²) in [5.41, 5.74) is 0. The van der Waals surface area contributed by atoms with Crippen LogP contribution in [0.3, 0.4) is 0 Å². The monoisotopic (exact) mass is 266 g/mol. The normalized spacial score (nSPS) is 18.7. The highest BCUT2D eigenvalue weighted by Gasteiger charge is 2.15. The van der Waals surface area contributed by atoms with E-state index in [1.807, 2.05) is 12.3 Å². The number of anilines is 1. The number of carbonyl (C=O) groups is 1. The van der Waals surface area contributed by atoms with Crippen LogP contribution in [0.5, 0.6) is 0 Å². The molecule has 1 aliphatic heterocycles. The summed E-state index contributed by atoms with van der Waals surface area (Å²) in [5.74, 6) is 1.31. The molecule has 1 aliphatic rings. The third kappa shape index (κ3) is 4.65. The van der Waals surface area contributed by atoms with Crippen LogP contribution < -0.4 is 10.6 Å². The Morgan fingerprint density at radius 1 is 1.68 bits per heavy atom. The molecule has 6 nitrogen and oxygen atoms in total. The Kier molecular flexibility index (Phi) is 5.35. The zero-order chi connectivity index (χ0) is 13.5. The van der Waals surface area contributed by atoms with Crippen molar-refractivity contribution in [3.63, 3.8) is 0 Å². The lowest BCUT2D eigenvalue weighted by Crippen LogP contribution is -2.15. The maximum atomic E-state index is 11.8. The Morgan fingerprint density at radius 2 is 2.58 bits per heavy atom. The van der Waals surface area contributed by atoms with E-state index in [1.165, 1.54) is 6.42 Å². The Hall–Kier alpha value is -1.40. The number of ether oxygens (including phenoxy) is 1. The standard InChI is InChI=1S/C13H22N4O2/c1-19-9-8-17-7-5-12(16-17)15-13(18)3-2-11-4-6-14-10-11/h5,7,11,14H,2-4,6,8-10H2,1H3,(H,15,16,18). The molecule has 0 radical (unpaired) electrons. The van der Waals surface area contributed by atoms with Crippen LogP contribution in [0.25, 0.3) is 0 Å². The van der Waals surface area contributed by atoms with Gasteiger partial charge in [0.15, 0.2) is 5.82 Å².